The Hall–Kier alpha value is -4.78. The van der Waals surface area contributed by atoms with Gasteiger partial charge in [-0.3, -0.25) is 19.3 Å². The molecule has 264 valence electrons. The number of likely N-dealkylation sites (tertiary alicyclic amines) is 1. The number of alkyl halides is 3. The van der Waals surface area contributed by atoms with Crippen LogP contribution in [0.1, 0.15) is 40.3 Å². The molecule has 4 heterocycles. The normalized spacial score (nSPS) is 19.7. The molecule has 3 aliphatic heterocycles. The van der Waals surface area contributed by atoms with E-state index < -0.39 is 35.5 Å². The monoisotopic (exact) mass is 692 g/mol. The third kappa shape index (κ3) is 6.58. The van der Waals surface area contributed by atoms with Crippen molar-refractivity contribution >= 4 is 34.9 Å². The summed E-state index contributed by atoms with van der Waals surface area (Å²) in [7, 11) is 5.31. The number of anilines is 3. The number of nitrogens with zero attached hydrogens (tertiary/aromatic N) is 6. The topological polar surface area (TPSA) is 80.3 Å². The molecule has 2 atom stereocenters. The van der Waals surface area contributed by atoms with Crippen LogP contribution in [-0.4, -0.2) is 85.9 Å². The van der Waals surface area contributed by atoms with Gasteiger partial charge in [-0.25, -0.2) is 9.37 Å². The van der Waals surface area contributed by atoms with Gasteiger partial charge in [0.15, 0.2) is 0 Å². The highest BCUT2D eigenvalue weighted by molar-refractivity contribution is 6.10. The minimum atomic E-state index is -4.67. The Morgan fingerprint density at radius 3 is 2.44 bits per heavy atom. The predicted molar refractivity (Wildman–Crippen MR) is 182 cm³/mol. The van der Waals surface area contributed by atoms with Gasteiger partial charge in [0.1, 0.15) is 17.7 Å². The summed E-state index contributed by atoms with van der Waals surface area (Å²) in [6, 6.07) is 11.1. The van der Waals surface area contributed by atoms with E-state index in [0.717, 1.165) is 33.8 Å². The number of benzene rings is 2. The Bertz CT molecular complexity index is 1870. The first kappa shape index (κ1) is 35.1. The van der Waals surface area contributed by atoms with Crippen molar-refractivity contribution in [3.05, 3.63) is 94.4 Å². The molecule has 1 aromatic heterocycles. The minimum absolute atomic E-state index is 0.0708. The third-order valence-electron chi connectivity index (χ3n) is 9.73. The number of pyridine rings is 1. The summed E-state index contributed by atoms with van der Waals surface area (Å²) in [4.78, 5) is 53.0. The zero-order chi connectivity index (χ0) is 36.2. The molecule has 3 aliphatic rings. The van der Waals surface area contributed by atoms with Crippen LogP contribution >= 0.6 is 0 Å². The van der Waals surface area contributed by atoms with Crippen LogP contribution in [0.3, 0.4) is 0 Å². The van der Waals surface area contributed by atoms with E-state index in [2.05, 4.69) is 16.5 Å². The number of carbonyl (C=O) groups excluding carboxylic acids is 3. The standard InChI is InChI=1S/C37H40F4N6O3/c1-21-8-7-9-30-33(21)45(17-24-10-11-29(38)28(13-24)26-19-46(20-26)35(49)22(2)16-43(4)5)18-25-14-32(48)47(34(25)36(50)44(30)6)31-15-27(37(39,40)41)12-23(3)42-31/h7-13,15,25-26,34H,2,14,16-20H2,1,3-6H3/t25-,34+/m1/s1. The van der Waals surface area contributed by atoms with Crippen LogP contribution in [0.25, 0.3) is 0 Å². The molecule has 0 unspecified atom stereocenters. The number of para-hydroxylation sites is 1. The number of aromatic nitrogens is 1. The molecule has 6 rings (SSSR count). The number of aryl methyl sites for hydroxylation is 2. The van der Waals surface area contributed by atoms with Gasteiger partial charge in [-0.15, -0.1) is 0 Å². The molecule has 0 N–H and O–H groups in total. The first-order valence-corrected chi connectivity index (χ1v) is 16.4. The Labute approximate surface area is 288 Å². The van der Waals surface area contributed by atoms with Crippen molar-refractivity contribution in [2.24, 2.45) is 5.92 Å². The van der Waals surface area contributed by atoms with Crippen molar-refractivity contribution < 1.29 is 31.9 Å². The van der Waals surface area contributed by atoms with Gasteiger partial charge in [0, 0.05) is 69.3 Å². The van der Waals surface area contributed by atoms with Gasteiger partial charge in [-0.1, -0.05) is 30.8 Å². The SMILES string of the molecule is C=C(CN(C)C)C(=O)N1CC(c2cc(CN3C[C@H]4CC(=O)N(c5cc(C(F)(F)F)cc(C)n5)[C@@H]4C(=O)N(C)c4cccc(C)c43)ccc2F)C1. The van der Waals surface area contributed by atoms with Crippen molar-refractivity contribution in [3.63, 3.8) is 0 Å². The Morgan fingerprint density at radius 1 is 1.04 bits per heavy atom. The number of fused-ring (bicyclic) bond motifs is 2. The Morgan fingerprint density at radius 2 is 1.76 bits per heavy atom. The maximum atomic E-state index is 15.2. The quantitative estimate of drug-likeness (QED) is 0.247. The molecule has 0 bridgehead atoms. The highest BCUT2D eigenvalue weighted by Crippen LogP contribution is 2.42. The molecule has 50 heavy (non-hydrogen) atoms. The highest BCUT2D eigenvalue weighted by Gasteiger charge is 2.49. The van der Waals surface area contributed by atoms with Gasteiger partial charge in [-0.05, 0) is 68.9 Å². The first-order valence-electron chi connectivity index (χ1n) is 16.4. The summed E-state index contributed by atoms with van der Waals surface area (Å²) in [6.07, 6.45) is -4.74. The lowest BCUT2D eigenvalue weighted by atomic mass is 9.89. The van der Waals surface area contributed by atoms with Crippen molar-refractivity contribution in [2.75, 3.05) is 62.0 Å². The third-order valence-corrected chi connectivity index (χ3v) is 9.73. The van der Waals surface area contributed by atoms with Gasteiger partial charge < -0.3 is 19.6 Å². The number of halogens is 4. The smallest absolute Gasteiger partial charge is 0.365 e. The first-order chi connectivity index (χ1) is 23.5. The summed E-state index contributed by atoms with van der Waals surface area (Å²) >= 11 is 0. The summed E-state index contributed by atoms with van der Waals surface area (Å²) in [5.41, 5.74) is 3.12. The van der Waals surface area contributed by atoms with Crippen molar-refractivity contribution in [2.45, 2.75) is 44.9 Å². The molecule has 2 saturated heterocycles. The van der Waals surface area contributed by atoms with Gasteiger partial charge in [0.25, 0.3) is 5.91 Å². The molecule has 0 saturated carbocycles. The van der Waals surface area contributed by atoms with Crippen LogP contribution in [0.15, 0.2) is 60.7 Å². The number of carbonyl (C=O) groups is 3. The van der Waals surface area contributed by atoms with E-state index in [4.69, 9.17) is 0 Å². The average molecular weight is 693 g/mol. The Balaban J connectivity index is 1.32. The average Bonchev–Trinajstić information content (AvgIpc) is 3.33. The van der Waals surface area contributed by atoms with E-state index in [1.165, 1.54) is 17.9 Å². The minimum Gasteiger partial charge on any atom is -0.365 e. The lowest BCUT2D eigenvalue weighted by molar-refractivity contribution is -0.137. The van der Waals surface area contributed by atoms with Crippen LogP contribution in [0.2, 0.25) is 0 Å². The summed E-state index contributed by atoms with van der Waals surface area (Å²) in [6.45, 7) is 8.95. The van der Waals surface area contributed by atoms with E-state index in [1.807, 2.05) is 38.1 Å². The fourth-order valence-electron chi connectivity index (χ4n) is 7.38. The zero-order valence-electron chi connectivity index (χ0n) is 28.7. The summed E-state index contributed by atoms with van der Waals surface area (Å²) in [5.74, 6) is -2.41. The Kier molecular flexibility index (Phi) is 9.23. The fourth-order valence-corrected chi connectivity index (χ4v) is 7.38. The van der Waals surface area contributed by atoms with Crippen LogP contribution < -0.4 is 14.7 Å². The van der Waals surface area contributed by atoms with E-state index in [0.29, 0.717) is 43.0 Å². The van der Waals surface area contributed by atoms with Crippen LogP contribution in [0, 0.1) is 25.6 Å². The van der Waals surface area contributed by atoms with Crippen LogP contribution in [0.4, 0.5) is 34.8 Å². The number of amides is 3. The van der Waals surface area contributed by atoms with Crippen molar-refractivity contribution in [3.8, 4) is 0 Å². The number of hydrogen-bond acceptors (Lipinski definition) is 6. The molecule has 9 nitrogen and oxygen atoms in total. The molecule has 0 aliphatic carbocycles. The largest absolute Gasteiger partial charge is 0.416 e. The van der Waals surface area contributed by atoms with E-state index in [-0.39, 0.29) is 42.1 Å². The number of rotatable bonds is 7. The molecule has 0 radical (unpaired) electrons. The number of hydrogen-bond donors (Lipinski definition) is 0. The molecular weight excluding hydrogens is 652 g/mol. The maximum absolute atomic E-state index is 15.2. The predicted octanol–water partition coefficient (Wildman–Crippen LogP) is 5.30. The molecule has 0 spiro atoms. The molecular formula is C37H40F4N6O3. The van der Waals surface area contributed by atoms with Crippen LogP contribution in [0.5, 0.6) is 0 Å². The summed E-state index contributed by atoms with van der Waals surface area (Å²) in [5, 5.41) is 0. The lowest BCUT2D eigenvalue weighted by Gasteiger charge is -2.41. The van der Waals surface area contributed by atoms with Crippen molar-refractivity contribution in [1.29, 1.82) is 0 Å². The second-order valence-electron chi connectivity index (χ2n) is 13.9. The highest BCUT2D eigenvalue weighted by atomic mass is 19.4. The van der Waals surface area contributed by atoms with Gasteiger partial charge >= 0.3 is 6.18 Å². The van der Waals surface area contributed by atoms with Gasteiger partial charge in [0.05, 0.1) is 16.9 Å². The molecule has 2 aromatic carbocycles. The van der Waals surface area contributed by atoms with Crippen molar-refractivity contribution in [1.82, 2.24) is 14.8 Å². The second kappa shape index (κ2) is 13.2. The molecule has 3 aromatic rings. The molecule has 13 heteroatoms. The second-order valence-corrected chi connectivity index (χ2v) is 13.9. The fraction of sp³-hybridized carbons (Fsp3) is 0.405. The van der Waals surface area contributed by atoms with Gasteiger partial charge in [-0.2, -0.15) is 13.2 Å². The maximum Gasteiger partial charge on any atom is 0.416 e. The van der Waals surface area contributed by atoms with E-state index >= 15 is 4.39 Å². The lowest BCUT2D eigenvalue weighted by Crippen LogP contribution is -2.52. The zero-order valence-corrected chi connectivity index (χ0v) is 28.7. The number of likely N-dealkylation sites (N-methyl/N-ethyl adjacent to an activating group) is 2. The molecule has 3 amide bonds. The molecule has 2 fully saturated rings. The van der Waals surface area contributed by atoms with E-state index in [1.54, 1.807) is 30.1 Å². The van der Waals surface area contributed by atoms with Crippen LogP contribution in [-0.2, 0) is 27.1 Å². The van der Waals surface area contributed by atoms with E-state index in [9.17, 15) is 27.6 Å². The summed E-state index contributed by atoms with van der Waals surface area (Å²) < 4.78 is 56.6. The van der Waals surface area contributed by atoms with Gasteiger partial charge in [0.2, 0.25) is 11.8 Å².